The lowest BCUT2D eigenvalue weighted by Gasteiger charge is -2.49. The van der Waals surface area contributed by atoms with Gasteiger partial charge in [-0.2, -0.15) is 0 Å². The topological polar surface area (TPSA) is 64.6 Å². The smallest absolute Gasteiger partial charge is 0.410 e. The number of hydrogen-bond donors (Lipinski definition) is 1. The van der Waals surface area contributed by atoms with E-state index in [9.17, 15) is 9.35 Å². The molecule has 1 heterocycles. The minimum Gasteiger partial charge on any atom is -0.598 e. The van der Waals surface area contributed by atoms with Crippen molar-refractivity contribution < 1.29 is 14.1 Å². The molecule has 0 bridgehead atoms. The van der Waals surface area contributed by atoms with E-state index in [2.05, 4.69) is 35.9 Å². The van der Waals surface area contributed by atoms with Gasteiger partial charge < -0.3 is 14.2 Å². The minimum atomic E-state index is -1.19. The number of piperidine rings is 1. The monoisotopic (exact) mass is 420 g/mol. The molecule has 6 heteroatoms. The Morgan fingerprint density at radius 1 is 1.14 bits per heavy atom. The van der Waals surface area contributed by atoms with E-state index in [0.717, 1.165) is 19.3 Å². The summed E-state index contributed by atoms with van der Waals surface area (Å²) >= 11 is -1.19. The first-order chi connectivity index (χ1) is 13.3. The molecule has 2 aliphatic rings. The van der Waals surface area contributed by atoms with Crippen molar-refractivity contribution >= 4 is 17.5 Å². The first-order valence-electron chi connectivity index (χ1n) is 10.5. The fourth-order valence-corrected chi connectivity index (χ4v) is 5.61. The third-order valence-corrected chi connectivity index (χ3v) is 8.08. The second-order valence-electron chi connectivity index (χ2n) is 10.7. The van der Waals surface area contributed by atoms with E-state index < -0.39 is 22.5 Å². The number of hydrogen-bond acceptors (Lipinski definition) is 4. The van der Waals surface area contributed by atoms with Gasteiger partial charge in [0.15, 0.2) is 0 Å². The van der Waals surface area contributed by atoms with Crippen molar-refractivity contribution in [2.75, 3.05) is 13.1 Å². The first-order valence-corrected chi connectivity index (χ1v) is 11.7. The predicted octanol–water partition coefficient (Wildman–Crippen LogP) is 4.53. The number of ether oxygens (including phenoxy) is 1. The summed E-state index contributed by atoms with van der Waals surface area (Å²) in [6.07, 6.45) is 2.41. The lowest BCUT2D eigenvalue weighted by atomic mass is 9.65. The van der Waals surface area contributed by atoms with E-state index in [1.54, 1.807) is 0 Å². The molecule has 0 unspecified atom stereocenters. The van der Waals surface area contributed by atoms with E-state index in [0.29, 0.717) is 13.1 Å². The average Bonchev–Trinajstić information content (AvgIpc) is 2.82. The molecular weight excluding hydrogens is 384 g/mol. The Morgan fingerprint density at radius 3 is 2.28 bits per heavy atom. The third kappa shape index (κ3) is 4.30. The van der Waals surface area contributed by atoms with Gasteiger partial charge in [0.05, 0.1) is 5.54 Å². The predicted molar refractivity (Wildman–Crippen MR) is 118 cm³/mol. The quantitative estimate of drug-likeness (QED) is 0.714. The van der Waals surface area contributed by atoms with Crippen LogP contribution in [-0.2, 0) is 28.1 Å². The second kappa shape index (κ2) is 7.47. The van der Waals surface area contributed by atoms with Gasteiger partial charge in [0, 0.05) is 29.9 Å². The first kappa shape index (κ1) is 22.4. The number of nitrogens with one attached hydrogen (secondary N) is 1. The summed E-state index contributed by atoms with van der Waals surface area (Å²) in [6, 6.07) is 8.49. The van der Waals surface area contributed by atoms with Crippen LogP contribution in [0.25, 0.3) is 0 Å². The molecule has 29 heavy (non-hydrogen) atoms. The van der Waals surface area contributed by atoms with Crippen molar-refractivity contribution in [1.82, 2.24) is 9.62 Å². The number of carbonyl (C=O) groups is 1. The molecule has 2 atom stereocenters. The van der Waals surface area contributed by atoms with Crippen LogP contribution >= 0.6 is 0 Å². The molecule has 1 spiro atoms. The van der Waals surface area contributed by atoms with Gasteiger partial charge in [-0.25, -0.2) is 4.79 Å². The van der Waals surface area contributed by atoms with Crippen molar-refractivity contribution in [3.8, 4) is 0 Å². The molecule has 1 fully saturated rings. The fourth-order valence-electron chi connectivity index (χ4n) is 4.61. The van der Waals surface area contributed by atoms with Crippen LogP contribution in [0.4, 0.5) is 4.79 Å². The van der Waals surface area contributed by atoms with Crippen molar-refractivity contribution in [3.05, 3.63) is 35.4 Å². The van der Waals surface area contributed by atoms with Crippen LogP contribution in [0, 0.1) is 5.41 Å². The zero-order valence-electron chi connectivity index (χ0n) is 18.9. The zero-order valence-corrected chi connectivity index (χ0v) is 19.7. The molecule has 1 saturated heterocycles. The highest BCUT2D eigenvalue weighted by atomic mass is 32.2. The van der Waals surface area contributed by atoms with Crippen LogP contribution in [0.5, 0.6) is 0 Å². The average molecular weight is 421 g/mol. The van der Waals surface area contributed by atoms with Crippen molar-refractivity contribution in [3.63, 3.8) is 0 Å². The largest absolute Gasteiger partial charge is 0.598 e. The minimum absolute atomic E-state index is 0.0733. The Labute approximate surface area is 178 Å². The Kier molecular flexibility index (Phi) is 5.78. The molecule has 0 aromatic heterocycles. The summed E-state index contributed by atoms with van der Waals surface area (Å²) in [5.74, 6) is 0. The maximum atomic E-state index is 13.1. The van der Waals surface area contributed by atoms with Crippen LogP contribution < -0.4 is 4.72 Å². The lowest BCUT2D eigenvalue weighted by molar-refractivity contribution is -0.00325. The summed E-state index contributed by atoms with van der Waals surface area (Å²) < 4.78 is 21.9. The zero-order chi connectivity index (χ0) is 21.7. The Morgan fingerprint density at radius 2 is 1.72 bits per heavy atom. The maximum Gasteiger partial charge on any atom is 0.410 e. The molecule has 1 aliphatic heterocycles. The van der Waals surface area contributed by atoms with E-state index in [1.807, 2.05) is 46.4 Å². The normalized spacial score (nSPS) is 25.0. The lowest BCUT2D eigenvalue weighted by Crippen LogP contribution is -2.60. The number of amides is 1. The summed E-state index contributed by atoms with van der Waals surface area (Å²) in [5, 5.41) is 0. The van der Waals surface area contributed by atoms with Gasteiger partial charge in [-0.05, 0) is 78.9 Å². The van der Waals surface area contributed by atoms with E-state index in [-0.39, 0.29) is 16.3 Å². The summed E-state index contributed by atoms with van der Waals surface area (Å²) in [7, 11) is 0. The molecule has 1 aliphatic carbocycles. The molecule has 0 saturated carbocycles. The van der Waals surface area contributed by atoms with Gasteiger partial charge in [-0.3, -0.25) is 0 Å². The molecular formula is C23H36N2O3S. The molecule has 5 nitrogen and oxygen atoms in total. The summed E-state index contributed by atoms with van der Waals surface area (Å²) in [5.41, 5.74) is 1.59. The van der Waals surface area contributed by atoms with Crippen LogP contribution in [-0.4, -0.2) is 39.0 Å². The highest BCUT2D eigenvalue weighted by molar-refractivity contribution is 7.90. The molecule has 1 aromatic carbocycles. The maximum absolute atomic E-state index is 13.1. The van der Waals surface area contributed by atoms with Crippen molar-refractivity contribution in [2.24, 2.45) is 5.41 Å². The summed E-state index contributed by atoms with van der Waals surface area (Å²) in [6.45, 7) is 15.2. The van der Waals surface area contributed by atoms with Crippen molar-refractivity contribution in [1.29, 1.82) is 0 Å². The number of nitrogens with zero attached hydrogens (tertiary/aromatic N) is 1. The number of fused-ring (bicyclic) bond motifs is 1. The molecule has 1 aromatic rings. The Bertz CT molecular complexity index is 760. The van der Waals surface area contributed by atoms with Gasteiger partial charge in [0.25, 0.3) is 0 Å². The van der Waals surface area contributed by atoms with E-state index in [4.69, 9.17) is 4.74 Å². The van der Waals surface area contributed by atoms with E-state index in [1.165, 1.54) is 11.1 Å². The molecule has 3 rings (SSSR count). The van der Waals surface area contributed by atoms with Gasteiger partial charge in [-0.1, -0.05) is 24.3 Å². The van der Waals surface area contributed by atoms with Crippen LogP contribution in [0.1, 0.15) is 72.4 Å². The van der Waals surface area contributed by atoms with Crippen LogP contribution in [0.2, 0.25) is 0 Å². The Balaban J connectivity index is 1.86. The number of benzene rings is 1. The van der Waals surface area contributed by atoms with Gasteiger partial charge in [0.1, 0.15) is 10.3 Å². The molecule has 1 amide bonds. The van der Waals surface area contributed by atoms with Gasteiger partial charge >= 0.3 is 6.09 Å². The Hall–Kier alpha value is -1.24. The number of likely N-dealkylation sites (tertiary alicyclic amines) is 1. The van der Waals surface area contributed by atoms with Gasteiger partial charge in [-0.15, -0.1) is 4.72 Å². The number of rotatable bonds is 2. The third-order valence-electron chi connectivity index (χ3n) is 6.37. The second-order valence-corrected chi connectivity index (χ2v) is 12.7. The highest BCUT2D eigenvalue weighted by Crippen LogP contribution is 2.56. The van der Waals surface area contributed by atoms with Crippen molar-refractivity contribution in [2.45, 2.75) is 83.6 Å². The summed E-state index contributed by atoms with van der Waals surface area (Å²) in [4.78, 5) is 14.4. The van der Waals surface area contributed by atoms with Crippen LogP contribution in [0.3, 0.4) is 0 Å². The molecule has 0 radical (unpaired) electrons. The van der Waals surface area contributed by atoms with Gasteiger partial charge in [0.2, 0.25) is 0 Å². The number of carbonyl (C=O) groups excluding carboxylic acids is 1. The fraction of sp³-hybridized carbons (Fsp3) is 0.696. The highest BCUT2D eigenvalue weighted by Gasteiger charge is 2.58. The van der Waals surface area contributed by atoms with E-state index >= 15 is 0 Å². The molecule has 162 valence electrons. The standard InChI is InChI=1S/C23H36N2O3S/c1-20(2,3)28-19(26)25-14-12-23(13-15-25)16-17-10-8-9-11-18(17)22(23,7)24-29(27)21(4,5)6/h8-11,24H,12-16H2,1-7H3/t22-,29-/m1/s1. The molecule has 1 N–H and O–H groups in total. The van der Waals surface area contributed by atoms with Crippen LogP contribution in [0.15, 0.2) is 24.3 Å². The SMILES string of the molecule is CC(C)(C)OC(=O)N1CCC2(CC1)Cc1ccccc1[C@@]2(C)N[S@+]([O-])C(C)(C)C.